The zero-order valence-electron chi connectivity index (χ0n) is 14.4. The number of phenols is 1. The number of rotatable bonds is 3. The molecular weight excluding hydrogens is 351 g/mol. The van der Waals surface area contributed by atoms with E-state index in [0.29, 0.717) is 10.9 Å². The number of ether oxygens (including phenoxy) is 1. The SMILES string of the molecule is COC(=O)c1c2c(c(O)c3ncccc13)C(=O)N(Cc1ccc(F)cc1)C2. The Hall–Kier alpha value is -3.48. The van der Waals surface area contributed by atoms with E-state index >= 15 is 0 Å². The normalized spacial score (nSPS) is 13.1. The van der Waals surface area contributed by atoms with Crippen molar-refractivity contribution in [2.75, 3.05) is 7.11 Å². The summed E-state index contributed by atoms with van der Waals surface area (Å²) in [6.07, 6.45) is 1.48. The highest BCUT2D eigenvalue weighted by atomic mass is 19.1. The fourth-order valence-electron chi connectivity index (χ4n) is 3.43. The minimum absolute atomic E-state index is 0.0590. The average Bonchev–Trinajstić information content (AvgIpc) is 3.00. The number of esters is 1. The summed E-state index contributed by atoms with van der Waals surface area (Å²) >= 11 is 0. The van der Waals surface area contributed by atoms with Crippen LogP contribution in [0.25, 0.3) is 10.9 Å². The second kappa shape index (κ2) is 6.35. The number of fused-ring (bicyclic) bond motifs is 2. The molecule has 0 aliphatic carbocycles. The van der Waals surface area contributed by atoms with E-state index in [1.165, 1.54) is 30.3 Å². The minimum Gasteiger partial charge on any atom is -0.505 e. The maximum Gasteiger partial charge on any atom is 0.338 e. The van der Waals surface area contributed by atoms with Crippen LogP contribution in [-0.2, 0) is 17.8 Å². The van der Waals surface area contributed by atoms with Gasteiger partial charge in [0.25, 0.3) is 5.91 Å². The van der Waals surface area contributed by atoms with E-state index in [2.05, 4.69) is 4.98 Å². The molecule has 3 aromatic rings. The van der Waals surface area contributed by atoms with Crippen molar-refractivity contribution in [3.8, 4) is 5.75 Å². The predicted molar refractivity (Wildman–Crippen MR) is 94.7 cm³/mol. The molecule has 0 fully saturated rings. The van der Waals surface area contributed by atoms with Gasteiger partial charge in [0.05, 0.1) is 18.2 Å². The Morgan fingerprint density at radius 1 is 1.30 bits per heavy atom. The second-order valence-corrected chi connectivity index (χ2v) is 6.26. The number of hydrogen-bond donors (Lipinski definition) is 1. The molecule has 6 nitrogen and oxygen atoms in total. The Balaban J connectivity index is 1.84. The van der Waals surface area contributed by atoms with Gasteiger partial charge in [-0.3, -0.25) is 9.78 Å². The molecule has 27 heavy (non-hydrogen) atoms. The molecule has 0 bridgehead atoms. The van der Waals surface area contributed by atoms with Crippen LogP contribution in [0, 0.1) is 5.82 Å². The maximum absolute atomic E-state index is 13.1. The first-order chi connectivity index (χ1) is 13.0. The monoisotopic (exact) mass is 366 g/mol. The summed E-state index contributed by atoms with van der Waals surface area (Å²) in [5.74, 6) is -1.62. The molecule has 1 aromatic heterocycles. The van der Waals surface area contributed by atoms with Crippen LogP contribution in [0.3, 0.4) is 0 Å². The lowest BCUT2D eigenvalue weighted by Crippen LogP contribution is -2.23. The van der Waals surface area contributed by atoms with E-state index in [0.717, 1.165) is 5.56 Å². The number of pyridine rings is 1. The van der Waals surface area contributed by atoms with E-state index in [4.69, 9.17) is 4.74 Å². The fourth-order valence-corrected chi connectivity index (χ4v) is 3.43. The van der Waals surface area contributed by atoms with Gasteiger partial charge in [-0.25, -0.2) is 9.18 Å². The van der Waals surface area contributed by atoms with Crippen LogP contribution in [-0.4, -0.2) is 34.0 Å². The van der Waals surface area contributed by atoms with Gasteiger partial charge in [-0.15, -0.1) is 0 Å². The summed E-state index contributed by atoms with van der Waals surface area (Å²) in [6, 6.07) is 9.11. The number of nitrogens with zero attached hydrogens (tertiary/aromatic N) is 2. The first kappa shape index (κ1) is 17.0. The minimum atomic E-state index is -0.597. The number of methoxy groups -OCH3 is 1. The van der Waals surface area contributed by atoms with Gasteiger partial charge in [0.15, 0.2) is 5.75 Å². The first-order valence-electron chi connectivity index (χ1n) is 8.25. The zero-order valence-corrected chi connectivity index (χ0v) is 14.4. The van der Waals surface area contributed by atoms with Crippen LogP contribution in [0.5, 0.6) is 5.75 Å². The Labute approximate surface area is 153 Å². The third-order valence-corrected chi connectivity index (χ3v) is 4.67. The van der Waals surface area contributed by atoms with Crippen LogP contribution in [0.2, 0.25) is 0 Å². The quantitative estimate of drug-likeness (QED) is 0.721. The molecule has 136 valence electrons. The van der Waals surface area contributed by atoms with Gasteiger partial charge in [-0.1, -0.05) is 18.2 Å². The Kier molecular flexibility index (Phi) is 3.99. The van der Waals surface area contributed by atoms with Crippen molar-refractivity contribution >= 4 is 22.8 Å². The van der Waals surface area contributed by atoms with Crippen LogP contribution >= 0.6 is 0 Å². The number of benzene rings is 2. The smallest absolute Gasteiger partial charge is 0.338 e. The summed E-state index contributed by atoms with van der Waals surface area (Å²) in [5, 5.41) is 11.1. The third-order valence-electron chi connectivity index (χ3n) is 4.67. The van der Waals surface area contributed by atoms with E-state index in [1.807, 2.05) is 0 Å². The molecule has 0 spiro atoms. The number of carbonyl (C=O) groups excluding carboxylic acids is 2. The molecule has 1 amide bonds. The zero-order chi connectivity index (χ0) is 19.1. The molecule has 1 aliphatic rings. The van der Waals surface area contributed by atoms with Gasteiger partial charge in [0, 0.05) is 30.2 Å². The lowest BCUT2D eigenvalue weighted by Gasteiger charge is -2.15. The molecule has 0 unspecified atom stereocenters. The van der Waals surface area contributed by atoms with Crippen molar-refractivity contribution in [2.45, 2.75) is 13.1 Å². The Bertz CT molecular complexity index is 1080. The Morgan fingerprint density at radius 2 is 2.04 bits per heavy atom. The van der Waals surface area contributed by atoms with Crippen molar-refractivity contribution in [1.82, 2.24) is 9.88 Å². The van der Waals surface area contributed by atoms with Gasteiger partial charge in [-0.2, -0.15) is 0 Å². The summed E-state index contributed by atoms with van der Waals surface area (Å²) < 4.78 is 18.0. The molecule has 2 heterocycles. The number of halogens is 1. The van der Waals surface area contributed by atoms with Gasteiger partial charge in [0.2, 0.25) is 0 Å². The van der Waals surface area contributed by atoms with E-state index < -0.39 is 11.9 Å². The average molecular weight is 366 g/mol. The molecule has 0 radical (unpaired) electrons. The van der Waals surface area contributed by atoms with Gasteiger partial charge in [0.1, 0.15) is 11.3 Å². The number of hydrogen-bond acceptors (Lipinski definition) is 5. The summed E-state index contributed by atoms with van der Waals surface area (Å²) in [4.78, 5) is 30.9. The first-order valence-corrected chi connectivity index (χ1v) is 8.25. The largest absolute Gasteiger partial charge is 0.505 e. The van der Waals surface area contributed by atoms with Crippen LogP contribution < -0.4 is 0 Å². The molecule has 0 saturated heterocycles. The number of amides is 1. The highest BCUT2D eigenvalue weighted by Crippen LogP contribution is 2.40. The molecule has 4 rings (SSSR count). The second-order valence-electron chi connectivity index (χ2n) is 6.26. The molecule has 7 heteroatoms. The van der Waals surface area contributed by atoms with Crippen LogP contribution in [0.4, 0.5) is 4.39 Å². The van der Waals surface area contributed by atoms with Gasteiger partial charge >= 0.3 is 5.97 Å². The number of carbonyl (C=O) groups is 2. The van der Waals surface area contributed by atoms with E-state index in [1.54, 1.807) is 24.3 Å². The van der Waals surface area contributed by atoms with Crippen molar-refractivity contribution in [3.05, 3.63) is 70.7 Å². The van der Waals surface area contributed by atoms with E-state index in [9.17, 15) is 19.1 Å². The standard InChI is InChI=1S/C20H15FN2O4/c1-27-20(26)15-13-3-2-8-22-17(13)18(24)16-14(15)10-23(19(16)25)9-11-4-6-12(21)7-5-11/h2-8,24H,9-10H2,1H3. The van der Waals surface area contributed by atoms with E-state index in [-0.39, 0.29) is 41.3 Å². The van der Waals surface area contributed by atoms with Crippen molar-refractivity contribution < 1.29 is 23.8 Å². The van der Waals surface area contributed by atoms with Crippen LogP contribution in [0.1, 0.15) is 31.8 Å². The summed E-state index contributed by atoms with van der Waals surface area (Å²) in [7, 11) is 1.26. The van der Waals surface area contributed by atoms with Gasteiger partial charge in [-0.05, 0) is 23.8 Å². The molecule has 1 N–H and O–H groups in total. The molecule has 0 saturated carbocycles. The number of phenolic OH excluding ortho intramolecular Hbond substituents is 1. The molecular formula is C20H15FN2O4. The van der Waals surface area contributed by atoms with Crippen LogP contribution in [0.15, 0.2) is 42.6 Å². The topological polar surface area (TPSA) is 79.7 Å². The van der Waals surface area contributed by atoms with Crippen molar-refractivity contribution in [2.24, 2.45) is 0 Å². The molecule has 2 aromatic carbocycles. The fraction of sp³-hybridized carbons (Fsp3) is 0.150. The highest BCUT2D eigenvalue weighted by molar-refractivity contribution is 6.14. The predicted octanol–water partition coefficient (Wildman–Crippen LogP) is 3.02. The molecule has 1 aliphatic heterocycles. The Morgan fingerprint density at radius 3 is 2.74 bits per heavy atom. The number of aromatic hydroxyl groups is 1. The highest BCUT2D eigenvalue weighted by Gasteiger charge is 2.36. The van der Waals surface area contributed by atoms with Gasteiger partial charge < -0.3 is 14.7 Å². The maximum atomic E-state index is 13.1. The molecule has 0 atom stereocenters. The lowest BCUT2D eigenvalue weighted by molar-refractivity contribution is 0.0600. The summed E-state index contributed by atoms with van der Waals surface area (Å²) in [5.41, 5.74) is 1.60. The summed E-state index contributed by atoms with van der Waals surface area (Å²) in [6.45, 7) is 0.353. The number of aromatic nitrogens is 1. The van der Waals surface area contributed by atoms with Crippen molar-refractivity contribution in [3.63, 3.8) is 0 Å². The lowest BCUT2D eigenvalue weighted by atomic mass is 9.97. The third kappa shape index (κ3) is 2.68. The van der Waals surface area contributed by atoms with Crippen molar-refractivity contribution in [1.29, 1.82) is 0 Å².